The van der Waals surface area contributed by atoms with Crippen LogP contribution in [0.3, 0.4) is 0 Å². The van der Waals surface area contributed by atoms with E-state index in [0.29, 0.717) is 5.56 Å². The summed E-state index contributed by atoms with van der Waals surface area (Å²) in [5.41, 5.74) is 6.82. The number of hydrogen-bond donors (Lipinski definition) is 1. The van der Waals surface area contributed by atoms with E-state index >= 15 is 0 Å². The molecule has 1 aromatic rings. The van der Waals surface area contributed by atoms with Gasteiger partial charge in [-0.3, -0.25) is 0 Å². The van der Waals surface area contributed by atoms with E-state index in [1.807, 2.05) is 21.1 Å². The molecule has 0 saturated carbocycles. The number of nitrogens with zero attached hydrogens (tertiary/aromatic N) is 2. The molecule has 0 fully saturated rings. The fraction of sp³-hybridized carbons (Fsp3) is 0.462. The van der Waals surface area contributed by atoms with Crippen LogP contribution in [0.15, 0.2) is 18.2 Å². The molecular weight excluding hydrogens is 249 g/mol. The van der Waals surface area contributed by atoms with Crippen molar-refractivity contribution in [1.82, 2.24) is 9.80 Å². The van der Waals surface area contributed by atoms with Gasteiger partial charge in [-0.05, 0) is 38.8 Å². The number of halogens is 1. The summed E-state index contributed by atoms with van der Waals surface area (Å²) in [4.78, 5) is 4.41. The molecule has 0 atom stereocenters. The lowest BCUT2D eigenvalue weighted by molar-refractivity contribution is 0.276. The number of hydrogen-bond acceptors (Lipinski definition) is 3. The Hall–Kier alpha value is -1.04. The highest BCUT2D eigenvalue weighted by atomic mass is 32.1. The van der Waals surface area contributed by atoms with E-state index in [0.717, 1.165) is 25.2 Å². The number of benzene rings is 1. The molecule has 0 heterocycles. The van der Waals surface area contributed by atoms with E-state index in [2.05, 4.69) is 9.80 Å². The molecule has 0 aliphatic heterocycles. The molecule has 1 rings (SSSR count). The Bertz CT molecular complexity index is 421. The SMILES string of the molecule is CN(C)CCN(C)Cc1ccc(F)c(C(N)=S)c1. The zero-order chi connectivity index (χ0) is 13.7. The van der Waals surface area contributed by atoms with Gasteiger partial charge in [0.25, 0.3) is 0 Å². The molecule has 0 radical (unpaired) electrons. The Morgan fingerprint density at radius 2 is 1.94 bits per heavy atom. The lowest BCUT2D eigenvalue weighted by Gasteiger charge is -2.19. The Balaban J connectivity index is 2.67. The lowest BCUT2D eigenvalue weighted by Crippen LogP contribution is -2.28. The van der Waals surface area contributed by atoms with Crippen LogP contribution in [-0.4, -0.2) is 49.0 Å². The predicted octanol–water partition coefficient (Wildman–Crippen LogP) is 1.45. The second kappa shape index (κ2) is 6.78. The van der Waals surface area contributed by atoms with Crippen LogP contribution in [0.1, 0.15) is 11.1 Å². The zero-order valence-electron chi connectivity index (χ0n) is 11.1. The van der Waals surface area contributed by atoms with Gasteiger partial charge >= 0.3 is 0 Å². The first kappa shape index (κ1) is 15.0. The number of thiocarbonyl (C=S) groups is 1. The van der Waals surface area contributed by atoms with Crippen molar-refractivity contribution >= 4 is 17.2 Å². The van der Waals surface area contributed by atoms with Crippen molar-refractivity contribution in [2.45, 2.75) is 6.54 Å². The Morgan fingerprint density at radius 3 is 2.50 bits per heavy atom. The van der Waals surface area contributed by atoms with Gasteiger partial charge in [0, 0.05) is 25.2 Å². The summed E-state index contributed by atoms with van der Waals surface area (Å²) in [6.45, 7) is 2.69. The highest BCUT2D eigenvalue weighted by Gasteiger charge is 2.07. The molecule has 0 aliphatic rings. The Kier molecular flexibility index (Phi) is 5.65. The fourth-order valence-electron chi connectivity index (χ4n) is 1.62. The van der Waals surface area contributed by atoms with E-state index in [1.54, 1.807) is 12.1 Å². The van der Waals surface area contributed by atoms with E-state index in [-0.39, 0.29) is 10.8 Å². The van der Waals surface area contributed by atoms with Crippen molar-refractivity contribution in [3.05, 3.63) is 35.1 Å². The van der Waals surface area contributed by atoms with Gasteiger partial charge in [-0.1, -0.05) is 18.3 Å². The molecule has 0 unspecified atom stereocenters. The Labute approximate surface area is 113 Å². The molecule has 1 aromatic carbocycles. The summed E-state index contributed by atoms with van der Waals surface area (Å²) in [6.07, 6.45) is 0. The minimum Gasteiger partial charge on any atom is -0.389 e. The predicted molar refractivity (Wildman–Crippen MR) is 77.2 cm³/mol. The number of likely N-dealkylation sites (N-methyl/N-ethyl adjacent to an activating group) is 2. The first-order valence-electron chi connectivity index (χ1n) is 5.81. The number of nitrogens with two attached hydrogens (primary N) is 1. The Morgan fingerprint density at radius 1 is 1.28 bits per heavy atom. The molecule has 2 N–H and O–H groups in total. The van der Waals surface area contributed by atoms with Gasteiger partial charge in [0.2, 0.25) is 0 Å². The molecular formula is C13H20FN3S. The molecule has 0 aliphatic carbocycles. The van der Waals surface area contributed by atoms with Gasteiger partial charge in [-0.2, -0.15) is 0 Å². The third kappa shape index (κ3) is 4.68. The minimum atomic E-state index is -0.359. The summed E-state index contributed by atoms with van der Waals surface area (Å²) in [7, 11) is 6.11. The summed E-state index contributed by atoms with van der Waals surface area (Å²) >= 11 is 4.83. The topological polar surface area (TPSA) is 32.5 Å². The van der Waals surface area contributed by atoms with E-state index in [9.17, 15) is 4.39 Å². The first-order valence-corrected chi connectivity index (χ1v) is 6.22. The third-order valence-corrected chi connectivity index (χ3v) is 2.90. The van der Waals surface area contributed by atoms with Crippen molar-refractivity contribution in [2.24, 2.45) is 5.73 Å². The van der Waals surface area contributed by atoms with E-state index in [1.165, 1.54) is 6.07 Å². The molecule has 0 bridgehead atoms. The second-order valence-corrected chi connectivity index (χ2v) is 5.16. The standard InChI is InChI=1S/C13H20FN3S/c1-16(2)6-7-17(3)9-10-4-5-12(14)11(8-10)13(15)18/h4-5,8H,6-7,9H2,1-3H3,(H2,15,18). The van der Waals surface area contributed by atoms with Crippen LogP contribution < -0.4 is 5.73 Å². The lowest BCUT2D eigenvalue weighted by atomic mass is 10.1. The molecule has 0 amide bonds. The van der Waals surface area contributed by atoms with E-state index < -0.39 is 0 Å². The smallest absolute Gasteiger partial charge is 0.133 e. The third-order valence-electron chi connectivity index (χ3n) is 2.68. The second-order valence-electron chi connectivity index (χ2n) is 4.72. The minimum absolute atomic E-state index is 0.102. The van der Waals surface area contributed by atoms with Crippen molar-refractivity contribution in [1.29, 1.82) is 0 Å². The monoisotopic (exact) mass is 269 g/mol. The van der Waals surface area contributed by atoms with Crippen LogP contribution in [0.2, 0.25) is 0 Å². The van der Waals surface area contributed by atoms with Crippen LogP contribution in [0.4, 0.5) is 4.39 Å². The molecule has 100 valence electrons. The highest BCUT2D eigenvalue weighted by molar-refractivity contribution is 7.80. The van der Waals surface area contributed by atoms with Crippen LogP contribution in [-0.2, 0) is 6.54 Å². The summed E-state index contributed by atoms with van der Waals surface area (Å²) < 4.78 is 13.4. The van der Waals surface area contributed by atoms with Gasteiger partial charge in [-0.15, -0.1) is 0 Å². The first-order chi connectivity index (χ1) is 8.40. The summed E-state index contributed by atoms with van der Waals surface area (Å²) in [5, 5.41) is 0. The molecule has 18 heavy (non-hydrogen) atoms. The normalized spacial score (nSPS) is 11.2. The largest absolute Gasteiger partial charge is 0.389 e. The van der Waals surface area contributed by atoms with Crippen LogP contribution in [0, 0.1) is 5.82 Å². The molecule has 0 aromatic heterocycles. The van der Waals surface area contributed by atoms with Gasteiger partial charge in [0.1, 0.15) is 10.8 Å². The molecule has 0 saturated heterocycles. The summed E-state index contributed by atoms with van der Waals surface area (Å²) in [5.74, 6) is -0.359. The summed E-state index contributed by atoms with van der Waals surface area (Å²) in [6, 6.07) is 4.91. The van der Waals surface area contributed by atoms with Gasteiger partial charge in [-0.25, -0.2) is 4.39 Å². The quantitative estimate of drug-likeness (QED) is 0.792. The maximum Gasteiger partial charge on any atom is 0.133 e. The molecule has 0 spiro atoms. The van der Waals surface area contributed by atoms with Crippen molar-refractivity contribution in [2.75, 3.05) is 34.2 Å². The number of rotatable bonds is 6. The van der Waals surface area contributed by atoms with Crippen molar-refractivity contribution < 1.29 is 4.39 Å². The molecule has 5 heteroatoms. The highest BCUT2D eigenvalue weighted by Crippen LogP contribution is 2.12. The van der Waals surface area contributed by atoms with Gasteiger partial charge in [0.15, 0.2) is 0 Å². The van der Waals surface area contributed by atoms with Crippen LogP contribution >= 0.6 is 12.2 Å². The van der Waals surface area contributed by atoms with Crippen molar-refractivity contribution in [3.63, 3.8) is 0 Å². The van der Waals surface area contributed by atoms with Crippen LogP contribution in [0.25, 0.3) is 0 Å². The maximum atomic E-state index is 13.4. The molecule has 3 nitrogen and oxygen atoms in total. The zero-order valence-corrected chi connectivity index (χ0v) is 11.9. The average molecular weight is 269 g/mol. The van der Waals surface area contributed by atoms with Crippen LogP contribution in [0.5, 0.6) is 0 Å². The van der Waals surface area contributed by atoms with Gasteiger partial charge < -0.3 is 15.5 Å². The maximum absolute atomic E-state index is 13.4. The fourth-order valence-corrected chi connectivity index (χ4v) is 1.78. The van der Waals surface area contributed by atoms with Crippen molar-refractivity contribution in [3.8, 4) is 0 Å². The van der Waals surface area contributed by atoms with Gasteiger partial charge in [0.05, 0.1) is 0 Å². The van der Waals surface area contributed by atoms with E-state index in [4.69, 9.17) is 18.0 Å². The average Bonchev–Trinajstić information content (AvgIpc) is 2.28.